The third-order valence-electron chi connectivity index (χ3n) is 7.15. The molecule has 0 saturated heterocycles. The molecule has 16 heteroatoms. The number of carbonyl (C=O) groups excluding carboxylic acids is 1. The van der Waals surface area contributed by atoms with Gasteiger partial charge in [0.05, 0.1) is 45.5 Å². The molecule has 5 rings (SSSR count). The van der Waals surface area contributed by atoms with E-state index >= 15 is 0 Å². The van der Waals surface area contributed by atoms with Crippen LogP contribution in [0.2, 0.25) is 0 Å². The van der Waals surface area contributed by atoms with E-state index in [1.807, 2.05) is 0 Å². The Kier molecular flexibility index (Phi) is 7.92. The summed E-state index contributed by atoms with van der Waals surface area (Å²) < 4.78 is 98.4. The number of nitrogens with zero attached hydrogens (tertiary/aromatic N) is 1. The minimum atomic E-state index is -5.04. The van der Waals surface area contributed by atoms with Gasteiger partial charge in [0.2, 0.25) is 0 Å². The topological polar surface area (TPSA) is 203 Å². The van der Waals surface area contributed by atoms with E-state index in [0.29, 0.717) is 28.1 Å². The maximum Gasteiger partial charge on any atom is 0.296 e. The summed E-state index contributed by atoms with van der Waals surface area (Å²) in [6, 6.07) is 12.5. The monoisotopic (exact) mass is 662 g/mol. The number of hydrogen-bond acceptors (Lipinski definition) is 10. The van der Waals surface area contributed by atoms with E-state index in [2.05, 4.69) is 5.32 Å². The molecule has 1 aromatic heterocycles. The summed E-state index contributed by atoms with van der Waals surface area (Å²) in [6.07, 6.45) is -0.457. The molecule has 3 N–H and O–H groups in total. The van der Waals surface area contributed by atoms with Crippen LogP contribution in [0.1, 0.15) is 29.3 Å². The fourth-order valence-corrected chi connectivity index (χ4v) is 7.99. The molecule has 1 heterocycles. The lowest BCUT2D eigenvalue weighted by Crippen LogP contribution is -2.24. The van der Waals surface area contributed by atoms with Crippen molar-refractivity contribution >= 4 is 58.1 Å². The second-order valence-corrected chi connectivity index (χ2v) is 15.0. The number of ether oxygens (including phenoxy) is 1. The third kappa shape index (κ3) is 5.61. The molecule has 4 aromatic rings. The number of carbonyl (C=O) groups is 1. The van der Waals surface area contributed by atoms with Crippen molar-refractivity contribution in [1.82, 2.24) is 4.57 Å². The van der Waals surface area contributed by atoms with Gasteiger partial charge in [0.15, 0.2) is 21.4 Å². The van der Waals surface area contributed by atoms with E-state index in [1.54, 1.807) is 37.3 Å². The minimum absolute atomic E-state index is 0.0306. The predicted octanol–water partition coefficient (Wildman–Crippen LogP) is 3.19. The number of hydrogen-bond donors (Lipinski definition) is 3. The molecule has 13 nitrogen and oxygen atoms in total. The van der Waals surface area contributed by atoms with E-state index in [-0.39, 0.29) is 34.9 Å². The second kappa shape index (κ2) is 11.1. The molecule has 0 atom stereocenters. The summed E-state index contributed by atoms with van der Waals surface area (Å²) in [4.78, 5) is 25.9. The number of pyridine rings is 1. The molecule has 0 fully saturated rings. The van der Waals surface area contributed by atoms with Crippen molar-refractivity contribution in [3.8, 4) is 16.9 Å². The highest BCUT2D eigenvalue weighted by atomic mass is 32.2. The number of aryl methyl sites for hydroxylation is 1. The van der Waals surface area contributed by atoms with Gasteiger partial charge in [-0.1, -0.05) is 24.3 Å². The van der Waals surface area contributed by atoms with Gasteiger partial charge in [-0.3, -0.25) is 18.7 Å². The number of nitrogens with one attached hydrogen (secondary N) is 1. The number of sulfone groups is 1. The molecule has 0 bridgehead atoms. The maximum atomic E-state index is 13.9. The van der Waals surface area contributed by atoms with Crippen LogP contribution in [0.15, 0.2) is 69.2 Å². The van der Waals surface area contributed by atoms with E-state index in [4.69, 9.17) is 9.29 Å². The van der Waals surface area contributed by atoms with Crippen LogP contribution in [0.4, 0.5) is 11.4 Å². The zero-order chi connectivity index (χ0) is 32.2. The average Bonchev–Trinajstić information content (AvgIpc) is 2.94. The van der Waals surface area contributed by atoms with Crippen molar-refractivity contribution in [2.24, 2.45) is 7.05 Å². The smallest absolute Gasteiger partial charge is 0.296 e. The molecule has 44 heavy (non-hydrogen) atoms. The molecule has 1 aliphatic carbocycles. The number of fused-ring (bicyclic) bond motifs is 2. The summed E-state index contributed by atoms with van der Waals surface area (Å²) in [6.45, 7) is 1.88. The van der Waals surface area contributed by atoms with Gasteiger partial charge < -0.3 is 14.6 Å². The average molecular weight is 663 g/mol. The number of benzene rings is 3. The lowest BCUT2D eigenvalue weighted by atomic mass is 9.82. The Bertz CT molecular complexity index is 2260. The van der Waals surface area contributed by atoms with E-state index in [9.17, 15) is 39.4 Å². The Labute approximate surface area is 252 Å². The molecule has 0 unspecified atom stereocenters. The maximum absolute atomic E-state index is 13.9. The number of ketones is 1. The molecule has 0 spiro atoms. The van der Waals surface area contributed by atoms with Crippen LogP contribution in [-0.2, 0) is 37.1 Å². The van der Waals surface area contributed by atoms with Crippen LogP contribution in [-0.4, -0.2) is 62.8 Å². The van der Waals surface area contributed by atoms with Crippen molar-refractivity contribution in [3.05, 3.63) is 76.1 Å². The third-order valence-corrected chi connectivity index (χ3v) is 10.6. The highest BCUT2D eigenvalue weighted by Crippen LogP contribution is 2.46. The Hall–Kier alpha value is -4.09. The lowest BCUT2D eigenvalue weighted by Gasteiger charge is -2.25. The van der Waals surface area contributed by atoms with Crippen molar-refractivity contribution in [1.29, 1.82) is 0 Å². The van der Waals surface area contributed by atoms with E-state index in [0.717, 1.165) is 12.1 Å². The molecule has 3 aromatic carbocycles. The Balaban J connectivity index is 1.70. The second-order valence-electron chi connectivity index (χ2n) is 9.97. The fourth-order valence-electron chi connectivity index (χ4n) is 5.22. The summed E-state index contributed by atoms with van der Waals surface area (Å²) in [7, 11) is -12.2. The Morgan fingerprint density at radius 2 is 1.50 bits per heavy atom. The first kappa shape index (κ1) is 31.3. The van der Waals surface area contributed by atoms with Gasteiger partial charge in [-0.05, 0) is 49.2 Å². The molecule has 232 valence electrons. The van der Waals surface area contributed by atoms with Crippen LogP contribution in [0.5, 0.6) is 5.75 Å². The summed E-state index contributed by atoms with van der Waals surface area (Å²) in [5.41, 5.74) is 1.05. The molecular weight excluding hydrogens is 637 g/mol. The molecule has 0 saturated carbocycles. The van der Waals surface area contributed by atoms with Crippen LogP contribution in [0, 0.1) is 0 Å². The van der Waals surface area contributed by atoms with Gasteiger partial charge in [0, 0.05) is 23.6 Å². The van der Waals surface area contributed by atoms with Crippen molar-refractivity contribution < 1.29 is 43.9 Å². The first-order valence-electron chi connectivity index (χ1n) is 13.1. The number of anilines is 2. The van der Waals surface area contributed by atoms with Gasteiger partial charge in [0.25, 0.3) is 25.8 Å². The highest BCUT2D eigenvalue weighted by Gasteiger charge is 2.33. The van der Waals surface area contributed by atoms with Crippen molar-refractivity contribution in [2.75, 3.05) is 23.4 Å². The SMILES string of the molecule is CCOc1c2c3c(c(Nc4ccc(S(=O)(=O)CCCS(=O)(=O)O)cc4S(=O)(=O)O)ccc3n(C)c1=O)C(=O)c1ccccc1-2. The first-order valence-corrected chi connectivity index (χ1v) is 17.8. The van der Waals surface area contributed by atoms with Gasteiger partial charge in [0.1, 0.15) is 4.90 Å². The highest BCUT2D eigenvalue weighted by molar-refractivity contribution is 7.91. The lowest BCUT2D eigenvalue weighted by molar-refractivity contribution is 0.104. The van der Waals surface area contributed by atoms with Gasteiger partial charge >= 0.3 is 0 Å². The standard InChI is InChI=1S/C28H26N2O11S3/c1-3-41-27-23-17-7-4-5-8-18(17)26(31)24-20(11-12-21(25(23)24)30(2)28(27)32)29-19-10-9-16(15-22(19)44(38,39)40)42(33,34)13-6-14-43(35,36)37/h4-5,7-12,15,29H,3,6,13-14H2,1-2H3,(H,35,36,37)(H,38,39,40). The van der Waals surface area contributed by atoms with E-state index < -0.39 is 69.1 Å². The normalized spacial score (nSPS) is 13.1. The molecule has 0 amide bonds. The van der Waals surface area contributed by atoms with Crippen LogP contribution in [0.3, 0.4) is 0 Å². The van der Waals surface area contributed by atoms with Crippen molar-refractivity contribution in [3.63, 3.8) is 0 Å². The van der Waals surface area contributed by atoms with Gasteiger partial charge in [-0.15, -0.1) is 0 Å². The zero-order valence-electron chi connectivity index (χ0n) is 23.3. The molecule has 0 radical (unpaired) electrons. The number of rotatable bonds is 10. The van der Waals surface area contributed by atoms with E-state index in [1.165, 1.54) is 17.7 Å². The molecule has 0 aliphatic heterocycles. The Morgan fingerprint density at radius 3 is 2.14 bits per heavy atom. The van der Waals surface area contributed by atoms with Gasteiger partial charge in [-0.25, -0.2) is 8.42 Å². The summed E-state index contributed by atoms with van der Waals surface area (Å²) in [5.74, 6) is -1.95. The number of aromatic nitrogens is 1. The summed E-state index contributed by atoms with van der Waals surface area (Å²) in [5, 5.41) is 3.22. The first-order chi connectivity index (χ1) is 20.5. The largest absolute Gasteiger partial charge is 0.488 e. The van der Waals surface area contributed by atoms with Gasteiger partial charge in [-0.2, -0.15) is 16.8 Å². The van der Waals surface area contributed by atoms with Crippen LogP contribution < -0.4 is 15.6 Å². The van der Waals surface area contributed by atoms with Crippen LogP contribution in [0.25, 0.3) is 22.0 Å². The zero-order valence-corrected chi connectivity index (χ0v) is 25.7. The predicted molar refractivity (Wildman–Crippen MR) is 162 cm³/mol. The molecular formula is C28H26N2O11S3. The summed E-state index contributed by atoms with van der Waals surface area (Å²) >= 11 is 0. The fraction of sp³-hybridized carbons (Fsp3) is 0.214. The van der Waals surface area contributed by atoms with Crippen LogP contribution >= 0.6 is 0 Å². The Morgan fingerprint density at radius 1 is 0.841 bits per heavy atom. The quantitative estimate of drug-likeness (QED) is 0.185. The minimum Gasteiger partial charge on any atom is -0.488 e. The van der Waals surface area contributed by atoms with Crippen molar-refractivity contribution in [2.45, 2.75) is 23.1 Å². The molecule has 1 aliphatic rings.